The number of fused-ring (bicyclic) bond motifs is 1. The van der Waals surface area contributed by atoms with E-state index in [0.29, 0.717) is 29.8 Å². The summed E-state index contributed by atoms with van der Waals surface area (Å²) in [5, 5.41) is 3.31. The van der Waals surface area contributed by atoms with Gasteiger partial charge in [0.25, 0.3) is 0 Å². The summed E-state index contributed by atoms with van der Waals surface area (Å²) < 4.78 is 40.1. The highest BCUT2D eigenvalue weighted by molar-refractivity contribution is 6.33. The molecule has 0 spiro atoms. The molecule has 2 atom stereocenters. The number of rotatable bonds is 1. The number of benzene rings is 1. The fourth-order valence-corrected chi connectivity index (χ4v) is 3.73. The summed E-state index contributed by atoms with van der Waals surface area (Å²) in [5.74, 6) is 0.403. The van der Waals surface area contributed by atoms with E-state index in [0.717, 1.165) is 6.07 Å². The lowest BCUT2D eigenvalue weighted by Gasteiger charge is -2.37. The Labute approximate surface area is 167 Å². The molecular weight excluding hydrogens is 400 g/mol. The smallest absolute Gasteiger partial charge is 0.353 e. The number of aryl methyl sites for hydroxylation is 1. The summed E-state index contributed by atoms with van der Waals surface area (Å²) in [6.45, 7) is 10.7. The minimum absolute atomic E-state index is 0.0136. The molecule has 1 aromatic heterocycles. The molecule has 4 nitrogen and oxygen atoms in total. The van der Waals surface area contributed by atoms with Crippen LogP contribution in [0.2, 0.25) is 10.3 Å². The van der Waals surface area contributed by atoms with Gasteiger partial charge in [-0.25, -0.2) is 4.98 Å². The SMILES string of the molecule is CC.Cc1c(Cl)c(C(F)(F)F)cc2c(N3CC(C)NC(C)C3)nc(Cl)nc12. The minimum Gasteiger partial charge on any atom is -0.353 e. The Morgan fingerprint density at radius 1 is 1.11 bits per heavy atom. The van der Waals surface area contributed by atoms with E-state index in [2.05, 4.69) is 15.3 Å². The van der Waals surface area contributed by atoms with Gasteiger partial charge in [0.15, 0.2) is 0 Å². The van der Waals surface area contributed by atoms with Gasteiger partial charge in [-0.1, -0.05) is 25.4 Å². The van der Waals surface area contributed by atoms with Crippen molar-refractivity contribution in [3.63, 3.8) is 0 Å². The molecule has 3 rings (SSSR count). The summed E-state index contributed by atoms with van der Waals surface area (Å²) in [6, 6.07) is 1.36. The number of nitrogens with zero attached hydrogens (tertiary/aromatic N) is 3. The van der Waals surface area contributed by atoms with Gasteiger partial charge in [-0.3, -0.25) is 0 Å². The molecule has 1 saturated heterocycles. The predicted molar refractivity (Wildman–Crippen MR) is 105 cm³/mol. The van der Waals surface area contributed by atoms with Crippen LogP contribution in [0.5, 0.6) is 0 Å². The van der Waals surface area contributed by atoms with Gasteiger partial charge in [0.2, 0.25) is 5.28 Å². The monoisotopic (exact) mass is 422 g/mol. The van der Waals surface area contributed by atoms with Gasteiger partial charge in [0.05, 0.1) is 16.1 Å². The number of nitrogens with one attached hydrogen (secondary N) is 1. The minimum atomic E-state index is -4.56. The first-order valence-corrected chi connectivity index (χ1v) is 9.58. The molecule has 0 saturated carbocycles. The molecular formula is C18H23Cl2F3N4. The number of aromatic nitrogens is 2. The van der Waals surface area contributed by atoms with Crippen molar-refractivity contribution in [3.8, 4) is 0 Å². The van der Waals surface area contributed by atoms with Crippen molar-refractivity contribution < 1.29 is 13.2 Å². The molecule has 1 aliphatic rings. The number of alkyl halides is 3. The van der Waals surface area contributed by atoms with Gasteiger partial charge >= 0.3 is 6.18 Å². The van der Waals surface area contributed by atoms with Crippen molar-refractivity contribution in [1.82, 2.24) is 15.3 Å². The Kier molecular flexibility index (Phi) is 6.81. The Morgan fingerprint density at radius 2 is 1.67 bits per heavy atom. The second kappa shape index (κ2) is 8.37. The van der Waals surface area contributed by atoms with E-state index < -0.39 is 11.7 Å². The van der Waals surface area contributed by atoms with Crippen LogP contribution in [-0.4, -0.2) is 35.1 Å². The van der Waals surface area contributed by atoms with Crippen molar-refractivity contribution in [2.24, 2.45) is 0 Å². The number of anilines is 1. The third-order valence-electron chi connectivity index (χ3n) is 4.27. The average molecular weight is 423 g/mol. The highest BCUT2D eigenvalue weighted by Gasteiger charge is 2.35. The molecule has 1 N–H and O–H groups in total. The van der Waals surface area contributed by atoms with Crippen LogP contribution >= 0.6 is 23.2 Å². The van der Waals surface area contributed by atoms with E-state index in [1.165, 1.54) is 6.92 Å². The molecule has 0 bridgehead atoms. The molecule has 27 heavy (non-hydrogen) atoms. The van der Waals surface area contributed by atoms with Crippen LogP contribution in [0.25, 0.3) is 10.9 Å². The zero-order valence-electron chi connectivity index (χ0n) is 15.9. The molecule has 9 heteroatoms. The number of hydrogen-bond donors (Lipinski definition) is 1. The standard InChI is InChI=1S/C16H17Cl2F3N4.C2H6/c1-7-5-25(6-8(2)22-7)14-10-4-11(16(19,20)21)12(17)9(3)13(10)23-15(18)24-14;1-2/h4,7-8,22H,5-6H2,1-3H3;1-2H3. The lowest BCUT2D eigenvalue weighted by Crippen LogP contribution is -2.54. The molecule has 0 radical (unpaired) electrons. The largest absolute Gasteiger partial charge is 0.417 e. The molecule has 1 aromatic carbocycles. The highest BCUT2D eigenvalue weighted by atomic mass is 35.5. The van der Waals surface area contributed by atoms with Gasteiger partial charge < -0.3 is 10.2 Å². The van der Waals surface area contributed by atoms with Crippen LogP contribution in [0.15, 0.2) is 6.07 Å². The zero-order chi connectivity index (χ0) is 20.5. The van der Waals surface area contributed by atoms with Crippen LogP contribution in [0, 0.1) is 6.92 Å². The van der Waals surface area contributed by atoms with Crippen LogP contribution in [0.4, 0.5) is 19.0 Å². The maximum absolute atomic E-state index is 13.4. The molecule has 150 valence electrons. The number of piperazine rings is 1. The Balaban J connectivity index is 0.00000126. The molecule has 2 aromatic rings. The average Bonchev–Trinajstić information content (AvgIpc) is 2.57. The second-order valence-corrected chi connectivity index (χ2v) is 7.16. The zero-order valence-corrected chi connectivity index (χ0v) is 17.4. The fraction of sp³-hybridized carbons (Fsp3) is 0.556. The third-order valence-corrected chi connectivity index (χ3v) is 4.93. The third kappa shape index (κ3) is 4.58. The molecule has 0 amide bonds. The van der Waals surface area contributed by atoms with Crippen molar-refractivity contribution in [3.05, 3.63) is 27.5 Å². The van der Waals surface area contributed by atoms with E-state index in [-0.39, 0.29) is 28.0 Å². The van der Waals surface area contributed by atoms with Gasteiger partial charge in [0.1, 0.15) is 5.82 Å². The molecule has 1 aliphatic heterocycles. The summed E-state index contributed by atoms with van der Waals surface area (Å²) in [5.41, 5.74) is -0.303. The van der Waals surface area contributed by atoms with Crippen LogP contribution in [0.1, 0.15) is 38.8 Å². The Hall–Kier alpha value is -1.31. The van der Waals surface area contributed by atoms with E-state index >= 15 is 0 Å². The van der Waals surface area contributed by atoms with Crippen molar-refractivity contribution in [2.45, 2.75) is 52.9 Å². The fourth-order valence-electron chi connectivity index (χ4n) is 3.31. The highest BCUT2D eigenvalue weighted by Crippen LogP contribution is 2.41. The quantitative estimate of drug-likeness (QED) is 0.617. The molecule has 2 heterocycles. The van der Waals surface area contributed by atoms with Crippen LogP contribution in [-0.2, 0) is 6.18 Å². The van der Waals surface area contributed by atoms with Crippen molar-refractivity contribution in [2.75, 3.05) is 18.0 Å². The topological polar surface area (TPSA) is 41.0 Å². The summed E-state index contributed by atoms with van der Waals surface area (Å²) in [6.07, 6.45) is -4.56. The van der Waals surface area contributed by atoms with Gasteiger partial charge in [-0.05, 0) is 44.0 Å². The van der Waals surface area contributed by atoms with Crippen LogP contribution in [0.3, 0.4) is 0 Å². The van der Waals surface area contributed by atoms with Gasteiger partial charge in [0, 0.05) is 30.6 Å². The first kappa shape index (κ1) is 22.0. The normalized spacial score (nSPS) is 20.4. The number of halogens is 5. The summed E-state index contributed by atoms with van der Waals surface area (Å²) >= 11 is 12.0. The first-order valence-electron chi connectivity index (χ1n) is 8.82. The Bertz CT molecular complexity index is 817. The lowest BCUT2D eigenvalue weighted by molar-refractivity contribution is -0.137. The van der Waals surface area contributed by atoms with E-state index in [1.54, 1.807) is 0 Å². The predicted octanol–water partition coefficient (Wildman–Crippen LogP) is 5.48. The Morgan fingerprint density at radius 3 is 2.19 bits per heavy atom. The van der Waals surface area contributed by atoms with E-state index in [1.807, 2.05) is 32.6 Å². The van der Waals surface area contributed by atoms with Gasteiger partial charge in [-0.15, -0.1) is 0 Å². The lowest BCUT2D eigenvalue weighted by atomic mass is 10.0. The van der Waals surface area contributed by atoms with Crippen molar-refractivity contribution >= 4 is 39.9 Å². The van der Waals surface area contributed by atoms with E-state index in [9.17, 15) is 13.2 Å². The molecule has 0 aliphatic carbocycles. The first-order chi connectivity index (χ1) is 12.6. The summed E-state index contributed by atoms with van der Waals surface area (Å²) in [4.78, 5) is 10.3. The number of hydrogen-bond acceptors (Lipinski definition) is 4. The van der Waals surface area contributed by atoms with E-state index in [4.69, 9.17) is 23.2 Å². The van der Waals surface area contributed by atoms with Crippen molar-refractivity contribution in [1.29, 1.82) is 0 Å². The maximum Gasteiger partial charge on any atom is 0.417 e. The molecule has 2 unspecified atom stereocenters. The molecule has 1 fully saturated rings. The van der Waals surface area contributed by atoms with Gasteiger partial charge in [-0.2, -0.15) is 18.2 Å². The van der Waals surface area contributed by atoms with Crippen LogP contribution < -0.4 is 10.2 Å². The maximum atomic E-state index is 13.4. The summed E-state index contributed by atoms with van der Waals surface area (Å²) in [7, 11) is 0. The second-order valence-electron chi connectivity index (χ2n) is 6.45.